The molecule has 1 aromatic carbocycles. The fraction of sp³-hybridized carbons (Fsp3) is 0.312. The summed E-state index contributed by atoms with van der Waals surface area (Å²) in [5, 5.41) is 3.21. The van der Waals surface area contributed by atoms with Gasteiger partial charge in [-0.3, -0.25) is 4.79 Å². The van der Waals surface area contributed by atoms with Crippen LogP contribution in [0.1, 0.15) is 11.3 Å². The van der Waals surface area contributed by atoms with Crippen molar-refractivity contribution in [2.45, 2.75) is 19.4 Å². The number of benzene rings is 1. The largest absolute Gasteiger partial charge is 0.358 e. The molecular weight excluding hydrogens is 264 g/mol. The number of carbonyl (C=O) groups excluding carboxylic acids is 1. The van der Waals surface area contributed by atoms with Gasteiger partial charge in [-0.05, 0) is 12.5 Å². The van der Waals surface area contributed by atoms with Crippen molar-refractivity contribution in [3.8, 4) is 0 Å². The smallest absolute Gasteiger partial charge is 0.244 e. The normalized spacial score (nSPS) is 11.8. The maximum atomic E-state index is 12.4. The zero-order valence-electron chi connectivity index (χ0n) is 12.6. The molecule has 1 amide bonds. The average molecular weight is 284 g/mol. The van der Waals surface area contributed by atoms with Crippen LogP contribution in [-0.4, -0.2) is 40.9 Å². The second-order valence-electron chi connectivity index (χ2n) is 5.16. The molecule has 2 aromatic rings. The molecule has 1 atom stereocenters. The third-order valence-corrected chi connectivity index (χ3v) is 3.15. The molecule has 0 spiro atoms. The monoisotopic (exact) mass is 284 g/mol. The number of aryl methyl sites for hydroxylation is 1. The molecular formula is C16H20N4O. The van der Waals surface area contributed by atoms with Crippen LogP contribution < -0.4 is 5.32 Å². The van der Waals surface area contributed by atoms with Crippen molar-refractivity contribution < 1.29 is 4.79 Å². The molecule has 0 bridgehead atoms. The van der Waals surface area contributed by atoms with Crippen LogP contribution in [0.15, 0.2) is 42.7 Å². The number of amides is 1. The molecule has 0 saturated carbocycles. The van der Waals surface area contributed by atoms with Crippen molar-refractivity contribution >= 4 is 11.7 Å². The predicted molar refractivity (Wildman–Crippen MR) is 83.0 cm³/mol. The van der Waals surface area contributed by atoms with E-state index in [1.807, 2.05) is 43.3 Å². The summed E-state index contributed by atoms with van der Waals surface area (Å²) < 4.78 is 0. The van der Waals surface area contributed by atoms with Gasteiger partial charge in [-0.2, -0.15) is 0 Å². The van der Waals surface area contributed by atoms with Crippen molar-refractivity contribution in [3.63, 3.8) is 0 Å². The second kappa shape index (κ2) is 6.83. The van der Waals surface area contributed by atoms with Crippen LogP contribution >= 0.6 is 0 Å². The van der Waals surface area contributed by atoms with E-state index in [-0.39, 0.29) is 11.9 Å². The first-order valence-corrected chi connectivity index (χ1v) is 6.86. The van der Waals surface area contributed by atoms with E-state index in [1.165, 1.54) is 6.33 Å². The zero-order chi connectivity index (χ0) is 15.2. The molecule has 5 heteroatoms. The van der Waals surface area contributed by atoms with E-state index in [9.17, 15) is 4.79 Å². The quantitative estimate of drug-likeness (QED) is 0.911. The molecule has 1 heterocycles. The van der Waals surface area contributed by atoms with E-state index in [0.29, 0.717) is 12.2 Å². The number of anilines is 1. The minimum absolute atomic E-state index is 0.0233. The summed E-state index contributed by atoms with van der Waals surface area (Å²) in [7, 11) is 3.51. The number of rotatable bonds is 5. The number of likely N-dealkylation sites (N-methyl/N-ethyl adjacent to an activating group) is 1. The van der Waals surface area contributed by atoms with Gasteiger partial charge in [0, 0.05) is 32.3 Å². The van der Waals surface area contributed by atoms with Crippen LogP contribution in [0.3, 0.4) is 0 Å². The van der Waals surface area contributed by atoms with Gasteiger partial charge < -0.3 is 10.2 Å². The van der Waals surface area contributed by atoms with Crippen molar-refractivity contribution in [2.75, 3.05) is 19.4 Å². The molecule has 0 saturated heterocycles. The van der Waals surface area contributed by atoms with Gasteiger partial charge in [0.25, 0.3) is 0 Å². The average Bonchev–Trinajstić information content (AvgIpc) is 2.47. The van der Waals surface area contributed by atoms with E-state index < -0.39 is 0 Å². The van der Waals surface area contributed by atoms with Gasteiger partial charge in [0.15, 0.2) is 0 Å². The maximum absolute atomic E-state index is 12.4. The molecule has 0 unspecified atom stereocenters. The summed E-state index contributed by atoms with van der Waals surface area (Å²) in [4.78, 5) is 22.2. The van der Waals surface area contributed by atoms with Crippen molar-refractivity contribution in [2.24, 2.45) is 0 Å². The fourth-order valence-electron chi connectivity index (χ4n) is 2.07. The fourth-order valence-corrected chi connectivity index (χ4v) is 2.07. The lowest BCUT2D eigenvalue weighted by molar-refractivity contribution is -0.129. The lowest BCUT2D eigenvalue weighted by atomic mass is 10.0. The van der Waals surface area contributed by atoms with Crippen molar-refractivity contribution in [1.29, 1.82) is 0 Å². The highest BCUT2D eigenvalue weighted by Gasteiger charge is 2.21. The van der Waals surface area contributed by atoms with Crippen molar-refractivity contribution in [3.05, 3.63) is 54.0 Å². The Bertz CT molecular complexity index is 598. The summed E-state index contributed by atoms with van der Waals surface area (Å²) in [6.45, 7) is 1.90. The van der Waals surface area contributed by atoms with Crippen LogP contribution in [0.25, 0.3) is 0 Å². The first kappa shape index (κ1) is 15.0. The molecule has 110 valence electrons. The molecule has 21 heavy (non-hydrogen) atoms. The minimum Gasteiger partial charge on any atom is -0.358 e. The Balaban J connectivity index is 2.18. The molecule has 1 aromatic heterocycles. The van der Waals surface area contributed by atoms with E-state index in [4.69, 9.17) is 0 Å². The summed E-state index contributed by atoms with van der Waals surface area (Å²) >= 11 is 0. The minimum atomic E-state index is -0.350. The number of carbonyl (C=O) groups is 1. The number of nitrogens with zero attached hydrogens (tertiary/aromatic N) is 3. The van der Waals surface area contributed by atoms with Gasteiger partial charge >= 0.3 is 0 Å². The Morgan fingerprint density at radius 2 is 1.95 bits per heavy atom. The number of hydrogen-bond acceptors (Lipinski definition) is 4. The van der Waals surface area contributed by atoms with Gasteiger partial charge in [0.1, 0.15) is 18.2 Å². The molecule has 1 N–H and O–H groups in total. The van der Waals surface area contributed by atoms with Gasteiger partial charge in [-0.1, -0.05) is 30.3 Å². The standard InChI is InChI=1S/C16H20N4O/c1-12-9-15(18-11-17-12)19-14(16(21)20(2)3)10-13-7-5-4-6-8-13/h4-9,11,14H,10H2,1-3H3,(H,17,18,19)/t14-/m0/s1. The van der Waals surface area contributed by atoms with Crippen LogP contribution in [0.4, 0.5) is 5.82 Å². The van der Waals surface area contributed by atoms with E-state index >= 15 is 0 Å². The highest BCUT2D eigenvalue weighted by atomic mass is 16.2. The highest BCUT2D eigenvalue weighted by Crippen LogP contribution is 2.11. The van der Waals surface area contributed by atoms with Crippen molar-refractivity contribution in [1.82, 2.24) is 14.9 Å². The van der Waals surface area contributed by atoms with E-state index in [0.717, 1.165) is 11.3 Å². The van der Waals surface area contributed by atoms with Gasteiger partial charge in [-0.15, -0.1) is 0 Å². The van der Waals surface area contributed by atoms with Crippen LogP contribution in [-0.2, 0) is 11.2 Å². The summed E-state index contributed by atoms with van der Waals surface area (Å²) in [5.74, 6) is 0.689. The Morgan fingerprint density at radius 1 is 1.24 bits per heavy atom. The Labute approximate surface area is 125 Å². The third kappa shape index (κ3) is 4.27. The first-order chi connectivity index (χ1) is 10.1. The second-order valence-corrected chi connectivity index (χ2v) is 5.16. The van der Waals surface area contributed by atoms with Crippen LogP contribution in [0.5, 0.6) is 0 Å². The molecule has 0 fully saturated rings. The third-order valence-electron chi connectivity index (χ3n) is 3.15. The lowest BCUT2D eigenvalue weighted by Crippen LogP contribution is -2.40. The van der Waals surface area contributed by atoms with Crippen LogP contribution in [0, 0.1) is 6.92 Å². The zero-order valence-corrected chi connectivity index (χ0v) is 12.6. The summed E-state index contributed by atoms with van der Waals surface area (Å²) in [6.07, 6.45) is 2.11. The lowest BCUT2D eigenvalue weighted by Gasteiger charge is -2.22. The molecule has 0 radical (unpaired) electrons. The van der Waals surface area contributed by atoms with Gasteiger partial charge in [0.05, 0.1) is 0 Å². The molecule has 5 nitrogen and oxygen atoms in total. The highest BCUT2D eigenvalue weighted by molar-refractivity contribution is 5.84. The molecule has 0 aliphatic carbocycles. The number of aromatic nitrogens is 2. The van der Waals surface area contributed by atoms with Gasteiger partial charge in [0.2, 0.25) is 5.91 Å². The predicted octanol–water partition coefficient (Wildman–Crippen LogP) is 1.90. The molecule has 2 rings (SSSR count). The van der Waals surface area contributed by atoms with Gasteiger partial charge in [-0.25, -0.2) is 9.97 Å². The summed E-state index contributed by atoms with van der Waals surface area (Å²) in [6, 6.07) is 11.4. The number of hydrogen-bond donors (Lipinski definition) is 1. The summed E-state index contributed by atoms with van der Waals surface area (Å²) in [5.41, 5.74) is 1.97. The van der Waals surface area contributed by atoms with Crippen LogP contribution in [0.2, 0.25) is 0 Å². The SMILES string of the molecule is Cc1cc(N[C@@H](Cc2ccccc2)C(=O)N(C)C)ncn1. The first-order valence-electron chi connectivity index (χ1n) is 6.86. The topological polar surface area (TPSA) is 58.1 Å². The Kier molecular flexibility index (Phi) is 4.87. The van der Waals surface area contributed by atoms with E-state index in [2.05, 4.69) is 15.3 Å². The maximum Gasteiger partial charge on any atom is 0.244 e. The number of nitrogens with one attached hydrogen (secondary N) is 1. The molecule has 0 aliphatic heterocycles. The van der Waals surface area contributed by atoms with E-state index in [1.54, 1.807) is 19.0 Å². The Hall–Kier alpha value is -2.43. The molecule has 0 aliphatic rings. The Morgan fingerprint density at radius 3 is 2.57 bits per heavy atom.